The van der Waals surface area contributed by atoms with E-state index in [9.17, 15) is 23.5 Å². The highest BCUT2D eigenvalue weighted by molar-refractivity contribution is 6.11. The minimum Gasteiger partial charge on any atom is -0.480 e. The Morgan fingerprint density at radius 1 is 1.26 bits per heavy atom. The van der Waals surface area contributed by atoms with Crippen molar-refractivity contribution in [1.29, 1.82) is 0 Å². The van der Waals surface area contributed by atoms with Crippen LogP contribution in [-0.2, 0) is 11.8 Å². The van der Waals surface area contributed by atoms with Gasteiger partial charge in [-0.15, -0.1) is 0 Å². The Labute approximate surface area is 264 Å². The van der Waals surface area contributed by atoms with Crippen molar-refractivity contribution in [3.8, 4) is 40.2 Å². The minimum atomic E-state index is -1.37. The monoisotopic (exact) mass is 628 g/mol. The number of rotatable bonds is 8. The van der Waals surface area contributed by atoms with Crippen molar-refractivity contribution >= 4 is 34.2 Å². The number of carbonyl (C=O) groups is 2. The summed E-state index contributed by atoms with van der Waals surface area (Å²) in [7, 11) is 3.20. The van der Waals surface area contributed by atoms with Gasteiger partial charge >= 0.3 is 0 Å². The zero-order chi connectivity index (χ0) is 33.6. The number of benzene rings is 1. The normalized spacial score (nSPS) is 13.5. The summed E-state index contributed by atoms with van der Waals surface area (Å²) in [4.78, 5) is 34.0. The van der Waals surface area contributed by atoms with Crippen LogP contribution in [0.15, 0.2) is 48.9 Å². The number of halogens is 2. The molecule has 1 aliphatic carbocycles. The Balaban J connectivity index is 1.74. The highest BCUT2D eigenvalue weighted by Crippen LogP contribution is 2.44. The molecule has 46 heavy (non-hydrogen) atoms. The number of aromatic nitrogens is 3. The van der Waals surface area contributed by atoms with Crippen LogP contribution in [0.4, 0.5) is 20.3 Å². The van der Waals surface area contributed by atoms with Crippen LogP contribution in [-0.4, -0.2) is 56.4 Å². The molecule has 5 rings (SSSR count). The highest BCUT2D eigenvalue weighted by Gasteiger charge is 2.43. The number of hydrogen-bond donors (Lipinski definition) is 4. The molecule has 0 saturated heterocycles. The number of alkyl halides is 1. The molecule has 3 heterocycles. The average molecular weight is 629 g/mol. The third kappa shape index (κ3) is 6.41. The standard InChI is InChI=1S/C34H34F2N6O4/c1-18-15-21(40-30(43)19(2)35)7-8-22(18)28-25(26-27(42(28)5)20(16-38-29(26)37)11-12-33(3,4)45)24-10-9-23(32(41-24)46-6)31(44)39-17-34(36)13-14-34/h7-10,15-16,45H,2,13-14,17H2,1,3-6H3,(H2,37,38)(H,39,44)(H,40,43). The number of ether oxygens (including phenoxy) is 1. The number of pyridine rings is 2. The summed E-state index contributed by atoms with van der Waals surface area (Å²) < 4.78 is 35.0. The maximum absolute atomic E-state index is 14.2. The summed E-state index contributed by atoms with van der Waals surface area (Å²) in [6.07, 6.45) is 2.33. The third-order valence-electron chi connectivity index (χ3n) is 7.64. The van der Waals surface area contributed by atoms with Gasteiger partial charge in [-0.1, -0.05) is 24.5 Å². The van der Waals surface area contributed by atoms with Crippen LogP contribution in [0.5, 0.6) is 5.88 Å². The van der Waals surface area contributed by atoms with Crippen molar-refractivity contribution in [1.82, 2.24) is 19.9 Å². The van der Waals surface area contributed by atoms with Gasteiger partial charge in [0, 0.05) is 30.1 Å². The fourth-order valence-electron chi connectivity index (χ4n) is 5.15. The average Bonchev–Trinajstić information content (AvgIpc) is 3.66. The maximum Gasteiger partial charge on any atom is 0.283 e. The molecule has 0 unspecified atom stereocenters. The predicted octanol–water partition coefficient (Wildman–Crippen LogP) is 4.98. The number of nitrogen functional groups attached to an aromatic ring is 1. The Morgan fingerprint density at radius 3 is 2.59 bits per heavy atom. The van der Waals surface area contributed by atoms with Gasteiger partial charge in [0.05, 0.1) is 41.5 Å². The van der Waals surface area contributed by atoms with Gasteiger partial charge in [0.1, 0.15) is 22.7 Å². The van der Waals surface area contributed by atoms with Crippen LogP contribution in [0.2, 0.25) is 0 Å². The molecule has 10 nitrogen and oxygen atoms in total. The van der Waals surface area contributed by atoms with Crippen LogP contribution in [0.3, 0.4) is 0 Å². The fourth-order valence-corrected chi connectivity index (χ4v) is 5.15. The van der Waals surface area contributed by atoms with Crippen LogP contribution < -0.4 is 21.1 Å². The second kappa shape index (κ2) is 11.9. The Morgan fingerprint density at radius 2 is 1.98 bits per heavy atom. The van der Waals surface area contributed by atoms with E-state index in [1.54, 1.807) is 44.2 Å². The number of aryl methyl sites for hydroxylation is 2. The Kier molecular flexibility index (Phi) is 8.31. The number of hydrogen-bond acceptors (Lipinski definition) is 7. The highest BCUT2D eigenvalue weighted by atomic mass is 19.1. The lowest BCUT2D eigenvalue weighted by atomic mass is 9.97. The SMILES string of the molecule is C=C(F)C(=O)Nc1ccc(-c2c(-c3ccc(C(=O)NCC4(F)CC4)c(OC)n3)c3c(N)ncc(C#CC(C)(C)O)c3n2C)c(C)c1. The molecule has 3 aromatic heterocycles. The first-order chi connectivity index (χ1) is 21.6. The van der Waals surface area contributed by atoms with E-state index in [0.29, 0.717) is 63.1 Å². The number of carbonyl (C=O) groups excluding carboxylic acids is 2. The van der Waals surface area contributed by atoms with E-state index < -0.39 is 28.9 Å². The summed E-state index contributed by atoms with van der Waals surface area (Å²) in [5, 5.41) is 15.9. The third-order valence-corrected chi connectivity index (χ3v) is 7.64. The van der Waals surface area contributed by atoms with E-state index in [1.807, 2.05) is 18.5 Å². The zero-order valence-corrected chi connectivity index (χ0v) is 26.1. The molecule has 0 bridgehead atoms. The lowest BCUT2D eigenvalue weighted by molar-refractivity contribution is -0.114. The number of nitrogens with two attached hydrogens (primary N) is 1. The smallest absolute Gasteiger partial charge is 0.283 e. The second-order valence-corrected chi connectivity index (χ2v) is 11.8. The van der Waals surface area contributed by atoms with Gasteiger partial charge in [0.2, 0.25) is 5.88 Å². The maximum atomic E-state index is 14.2. The van der Waals surface area contributed by atoms with E-state index in [0.717, 1.165) is 0 Å². The molecule has 1 aliphatic rings. The van der Waals surface area contributed by atoms with E-state index in [2.05, 4.69) is 34.0 Å². The first kappa shape index (κ1) is 32.1. The molecular formula is C34H34F2N6O4. The summed E-state index contributed by atoms with van der Waals surface area (Å²) in [6.45, 7) is 7.89. The van der Waals surface area contributed by atoms with Gasteiger partial charge in [-0.05, 0) is 63.4 Å². The molecule has 1 fully saturated rings. The largest absolute Gasteiger partial charge is 0.480 e. The molecular weight excluding hydrogens is 594 g/mol. The van der Waals surface area contributed by atoms with Crippen LogP contribution in [0.25, 0.3) is 33.4 Å². The molecule has 12 heteroatoms. The minimum absolute atomic E-state index is 0.0207. The van der Waals surface area contributed by atoms with Crippen molar-refractivity contribution in [2.75, 3.05) is 24.7 Å². The van der Waals surface area contributed by atoms with Gasteiger partial charge < -0.3 is 30.8 Å². The molecule has 0 atom stereocenters. The molecule has 2 amide bonds. The number of amides is 2. The molecule has 1 aromatic carbocycles. The molecule has 0 aliphatic heterocycles. The van der Waals surface area contributed by atoms with E-state index in [4.69, 9.17) is 15.5 Å². The van der Waals surface area contributed by atoms with Crippen molar-refractivity contribution in [2.45, 2.75) is 44.9 Å². The van der Waals surface area contributed by atoms with E-state index in [1.165, 1.54) is 13.3 Å². The number of anilines is 2. The summed E-state index contributed by atoms with van der Waals surface area (Å²) in [5.41, 5.74) is 8.48. The summed E-state index contributed by atoms with van der Waals surface area (Å²) in [6, 6.07) is 8.27. The first-order valence-corrected chi connectivity index (χ1v) is 14.4. The van der Waals surface area contributed by atoms with E-state index >= 15 is 0 Å². The van der Waals surface area contributed by atoms with Crippen molar-refractivity contribution < 1.29 is 28.2 Å². The lowest BCUT2D eigenvalue weighted by Gasteiger charge is -2.15. The number of fused-ring (bicyclic) bond motifs is 1. The Hall–Kier alpha value is -5.28. The van der Waals surface area contributed by atoms with E-state index in [-0.39, 0.29) is 23.8 Å². The molecule has 4 aromatic rings. The summed E-state index contributed by atoms with van der Waals surface area (Å²) >= 11 is 0. The molecule has 1 saturated carbocycles. The molecule has 238 valence electrons. The quantitative estimate of drug-likeness (QED) is 0.159. The second-order valence-electron chi connectivity index (χ2n) is 11.8. The molecule has 0 radical (unpaired) electrons. The van der Waals surface area contributed by atoms with Gasteiger partial charge in [-0.2, -0.15) is 0 Å². The van der Waals surface area contributed by atoms with Crippen molar-refractivity contribution in [3.63, 3.8) is 0 Å². The van der Waals surface area contributed by atoms with Gasteiger partial charge in [-0.3, -0.25) is 9.59 Å². The van der Waals surface area contributed by atoms with Crippen LogP contribution in [0.1, 0.15) is 48.2 Å². The van der Waals surface area contributed by atoms with Gasteiger partial charge in [0.25, 0.3) is 11.8 Å². The topological polar surface area (TPSA) is 144 Å². The summed E-state index contributed by atoms with van der Waals surface area (Å²) in [5.74, 6) is 3.45. The molecule has 0 spiro atoms. The fraction of sp³-hybridized carbons (Fsp3) is 0.294. The number of aliphatic hydroxyl groups is 1. The van der Waals surface area contributed by atoms with Crippen LogP contribution >= 0.6 is 0 Å². The van der Waals surface area contributed by atoms with Crippen molar-refractivity contribution in [3.05, 3.63) is 65.6 Å². The van der Waals surface area contributed by atoms with Gasteiger partial charge in [0.15, 0.2) is 5.83 Å². The number of nitrogens with zero attached hydrogens (tertiary/aromatic N) is 3. The Bertz CT molecular complexity index is 1980. The lowest BCUT2D eigenvalue weighted by Crippen LogP contribution is -2.31. The molecule has 5 N–H and O–H groups in total. The van der Waals surface area contributed by atoms with Crippen molar-refractivity contribution in [2.24, 2.45) is 7.05 Å². The number of methoxy groups -OCH3 is 1. The van der Waals surface area contributed by atoms with Gasteiger partial charge in [-0.25, -0.2) is 18.7 Å². The van der Waals surface area contributed by atoms with Crippen LogP contribution in [0, 0.1) is 18.8 Å². The number of nitrogens with one attached hydrogen (secondary N) is 2. The predicted molar refractivity (Wildman–Crippen MR) is 173 cm³/mol. The first-order valence-electron chi connectivity index (χ1n) is 14.4. The zero-order valence-electron chi connectivity index (χ0n) is 26.1.